The Kier molecular flexibility index (Phi) is 8.05. The average Bonchev–Trinajstić information content (AvgIpc) is 2.43. The zero-order chi connectivity index (χ0) is 18.2. The molecule has 1 atom stereocenters. The van der Waals surface area contributed by atoms with E-state index < -0.39 is 5.60 Å². The zero-order valence-corrected chi connectivity index (χ0v) is 16.5. The molecule has 0 amide bonds. The van der Waals surface area contributed by atoms with Gasteiger partial charge in [0.1, 0.15) is 5.60 Å². The second-order valence-electron chi connectivity index (χ2n) is 8.94. The molecule has 2 nitrogen and oxygen atoms in total. The molecule has 0 aliphatic carbocycles. The highest BCUT2D eigenvalue weighted by Gasteiger charge is 2.28. The van der Waals surface area contributed by atoms with Gasteiger partial charge in [-0.2, -0.15) is 0 Å². The highest BCUT2D eigenvalue weighted by Crippen LogP contribution is 2.33. The third kappa shape index (κ3) is 9.15. The molecular weight excluding hydrogens is 295 g/mol. The fourth-order valence-corrected chi connectivity index (χ4v) is 2.97. The lowest BCUT2D eigenvalue weighted by Gasteiger charge is -2.31. The number of unbranched alkanes of at least 4 members (excludes halogenated alkanes) is 1. The molecule has 0 aliphatic heterocycles. The second kappa shape index (κ2) is 9.29. The topological polar surface area (TPSA) is 26.3 Å². The van der Waals surface area contributed by atoms with Crippen LogP contribution >= 0.6 is 0 Å². The Labute approximate surface area is 149 Å². The fraction of sp³-hybridized carbons (Fsp3) is 0.667. The fourth-order valence-electron chi connectivity index (χ4n) is 2.97. The smallest absolute Gasteiger partial charge is 0.306 e. The number of carbonyl (C=O) groups excluding carboxylic acids is 1. The summed E-state index contributed by atoms with van der Waals surface area (Å²) in [6.45, 7) is 12.5. The summed E-state index contributed by atoms with van der Waals surface area (Å²) in [7, 11) is 1.15. The molecular formula is C21H35BO2. The van der Waals surface area contributed by atoms with Crippen LogP contribution in [0, 0.1) is 11.3 Å². The minimum Gasteiger partial charge on any atom is -0.460 e. The molecule has 0 aliphatic rings. The molecule has 1 aromatic carbocycles. The first-order valence-electron chi connectivity index (χ1n) is 9.34. The number of esters is 1. The summed E-state index contributed by atoms with van der Waals surface area (Å²) in [5.41, 5.74) is 1.16. The van der Waals surface area contributed by atoms with E-state index in [0.717, 1.165) is 13.7 Å². The van der Waals surface area contributed by atoms with Crippen LogP contribution in [0.1, 0.15) is 67.2 Å². The maximum atomic E-state index is 12.2. The summed E-state index contributed by atoms with van der Waals surface area (Å²) in [6, 6.07) is 10.7. The molecule has 0 spiro atoms. The maximum absolute atomic E-state index is 12.2. The van der Waals surface area contributed by atoms with E-state index in [1.54, 1.807) is 0 Å². The van der Waals surface area contributed by atoms with E-state index in [0.29, 0.717) is 12.3 Å². The van der Waals surface area contributed by atoms with E-state index >= 15 is 0 Å². The highest BCUT2D eigenvalue weighted by atomic mass is 16.6. The van der Waals surface area contributed by atoms with Gasteiger partial charge in [0.2, 0.25) is 0 Å². The SMILES string of the molecule is CC(C)(C)OC(=O)CC(CCCCBc1ccccc1)C(C)(C)C. The minimum atomic E-state index is -0.394. The lowest BCUT2D eigenvalue weighted by atomic mass is 9.66. The van der Waals surface area contributed by atoms with Gasteiger partial charge < -0.3 is 4.74 Å². The Hall–Kier alpha value is -1.25. The zero-order valence-electron chi connectivity index (χ0n) is 16.5. The molecule has 0 heterocycles. The van der Waals surface area contributed by atoms with Crippen molar-refractivity contribution in [1.82, 2.24) is 0 Å². The Morgan fingerprint density at radius 3 is 2.21 bits per heavy atom. The monoisotopic (exact) mass is 330 g/mol. The van der Waals surface area contributed by atoms with Gasteiger partial charge in [-0.05, 0) is 38.5 Å². The van der Waals surface area contributed by atoms with Crippen LogP contribution in [-0.2, 0) is 9.53 Å². The quantitative estimate of drug-likeness (QED) is 0.391. The standard InChI is InChI=1S/C21H35BO2/c1-20(2,3)17(16-19(23)24-21(4,5)6)12-10-11-15-22-18-13-8-7-9-14-18/h7-9,13-14,17,22H,10-12,15-16H2,1-6H3. The minimum absolute atomic E-state index is 0.0632. The number of benzene rings is 1. The van der Waals surface area contributed by atoms with Crippen LogP contribution in [0.5, 0.6) is 0 Å². The first kappa shape index (κ1) is 20.8. The summed E-state index contributed by atoms with van der Waals surface area (Å²) in [5, 5.41) is 0. The molecule has 1 unspecified atom stereocenters. The van der Waals surface area contributed by atoms with E-state index in [2.05, 4.69) is 51.1 Å². The first-order valence-corrected chi connectivity index (χ1v) is 9.34. The van der Waals surface area contributed by atoms with Gasteiger partial charge in [-0.25, -0.2) is 0 Å². The molecule has 0 N–H and O–H groups in total. The number of hydrogen-bond donors (Lipinski definition) is 0. The summed E-state index contributed by atoms with van der Waals surface area (Å²) >= 11 is 0. The van der Waals surface area contributed by atoms with Crippen molar-refractivity contribution >= 4 is 18.7 Å². The summed E-state index contributed by atoms with van der Waals surface area (Å²) in [5.74, 6) is 0.316. The molecule has 0 saturated carbocycles. The van der Waals surface area contributed by atoms with Crippen molar-refractivity contribution in [2.45, 2.75) is 79.1 Å². The van der Waals surface area contributed by atoms with Gasteiger partial charge in [-0.3, -0.25) is 4.79 Å². The predicted octanol–water partition coefficient (Wildman–Crippen LogP) is 4.73. The molecule has 134 valence electrons. The summed E-state index contributed by atoms with van der Waals surface area (Å²) in [6.07, 6.45) is 5.23. The van der Waals surface area contributed by atoms with Crippen molar-refractivity contribution in [3.63, 3.8) is 0 Å². The van der Waals surface area contributed by atoms with Crippen molar-refractivity contribution in [2.75, 3.05) is 0 Å². The van der Waals surface area contributed by atoms with Crippen LogP contribution in [0.2, 0.25) is 6.32 Å². The van der Waals surface area contributed by atoms with E-state index in [-0.39, 0.29) is 11.4 Å². The average molecular weight is 330 g/mol. The molecule has 24 heavy (non-hydrogen) atoms. The van der Waals surface area contributed by atoms with E-state index in [1.165, 1.54) is 24.6 Å². The lowest BCUT2D eigenvalue weighted by Crippen LogP contribution is -2.29. The molecule has 0 bridgehead atoms. The van der Waals surface area contributed by atoms with Crippen LogP contribution in [-0.4, -0.2) is 18.8 Å². The van der Waals surface area contributed by atoms with Crippen molar-refractivity contribution in [1.29, 1.82) is 0 Å². The van der Waals surface area contributed by atoms with Crippen LogP contribution in [0.4, 0.5) is 0 Å². The van der Waals surface area contributed by atoms with Crippen LogP contribution < -0.4 is 5.46 Å². The maximum Gasteiger partial charge on any atom is 0.306 e. The second-order valence-corrected chi connectivity index (χ2v) is 8.94. The van der Waals surface area contributed by atoms with Crippen LogP contribution in [0.3, 0.4) is 0 Å². The van der Waals surface area contributed by atoms with Gasteiger partial charge in [0, 0.05) is 6.42 Å². The van der Waals surface area contributed by atoms with Gasteiger partial charge in [-0.1, -0.05) is 75.7 Å². The van der Waals surface area contributed by atoms with Crippen molar-refractivity contribution in [3.8, 4) is 0 Å². The molecule has 3 heteroatoms. The molecule has 0 saturated heterocycles. The Morgan fingerprint density at radius 1 is 1.04 bits per heavy atom. The summed E-state index contributed by atoms with van der Waals surface area (Å²) < 4.78 is 5.51. The van der Waals surface area contributed by atoms with Crippen LogP contribution in [0.25, 0.3) is 0 Å². The largest absolute Gasteiger partial charge is 0.460 e. The molecule has 0 radical (unpaired) electrons. The number of rotatable bonds is 8. The summed E-state index contributed by atoms with van der Waals surface area (Å²) in [4.78, 5) is 12.2. The normalized spacial score (nSPS) is 13.4. The van der Waals surface area contributed by atoms with Crippen molar-refractivity contribution in [3.05, 3.63) is 30.3 Å². The third-order valence-corrected chi connectivity index (χ3v) is 4.42. The first-order chi connectivity index (χ1) is 11.1. The Bertz CT molecular complexity index is 483. The number of hydrogen-bond acceptors (Lipinski definition) is 2. The predicted molar refractivity (Wildman–Crippen MR) is 105 cm³/mol. The van der Waals surface area contributed by atoms with E-state index in [9.17, 15) is 4.79 Å². The van der Waals surface area contributed by atoms with Gasteiger partial charge in [0.25, 0.3) is 0 Å². The Balaban J connectivity index is 2.37. The highest BCUT2D eigenvalue weighted by molar-refractivity contribution is 6.53. The Morgan fingerprint density at radius 2 is 1.67 bits per heavy atom. The van der Waals surface area contributed by atoms with E-state index in [1.807, 2.05) is 20.8 Å². The molecule has 0 fully saturated rings. The molecule has 1 rings (SSSR count). The third-order valence-electron chi connectivity index (χ3n) is 4.42. The van der Waals surface area contributed by atoms with Gasteiger partial charge in [0.15, 0.2) is 7.28 Å². The van der Waals surface area contributed by atoms with Gasteiger partial charge in [0.05, 0.1) is 0 Å². The van der Waals surface area contributed by atoms with Crippen molar-refractivity contribution in [2.24, 2.45) is 11.3 Å². The lowest BCUT2D eigenvalue weighted by molar-refractivity contribution is -0.157. The van der Waals surface area contributed by atoms with Crippen molar-refractivity contribution < 1.29 is 9.53 Å². The van der Waals surface area contributed by atoms with E-state index in [4.69, 9.17) is 4.74 Å². The van der Waals surface area contributed by atoms with Gasteiger partial charge in [-0.15, -0.1) is 0 Å². The van der Waals surface area contributed by atoms with Crippen LogP contribution in [0.15, 0.2) is 30.3 Å². The molecule has 1 aromatic rings. The van der Waals surface area contributed by atoms with Gasteiger partial charge >= 0.3 is 5.97 Å². The number of carbonyl (C=O) groups is 1. The molecule has 0 aromatic heterocycles. The number of ether oxygens (including phenoxy) is 1.